The van der Waals surface area contributed by atoms with Crippen molar-refractivity contribution >= 4 is 5.97 Å². The molecule has 0 heterocycles. The second-order valence-electron chi connectivity index (χ2n) is 5.48. The lowest BCUT2D eigenvalue weighted by atomic mass is 10.1. The zero-order chi connectivity index (χ0) is 17.2. The fourth-order valence-corrected chi connectivity index (χ4v) is 2.05. The van der Waals surface area contributed by atoms with Gasteiger partial charge in [-0.1, -0.05) is 62.6 Å². The van der Waals surface area contributed by atoms with Crippen molar-refractivity contribution < 1.29 is 19.7 Å². The minimum Gasteiger partial charge on any atom is -0.469 e. The van der Waals surface area contributed by atoms with Crippen LogP contribution in [0, 0.1) is 0 Å². The molecule has 0 aromatic heterocycles. The normalized spacial score (nSPS) is 13.3. The minimum atomic E-state index is -0.212. The van der Waals surface area contributed by atoms with Gasteiger partial charge in [0.1, 0.15) is 6.10 Å². The second-order valence-corrected chi connectivity index (χ2v) is 5.48. The molecule has 4 heteroatoms. The first-order chi connectivity index (χ1) is 11.2. The molecule has 23 heavy (non-hydrogen) atoms. The number of ether oxygens (including phenoxy) is 1. The van der Waals surface area contributed by atoms with E-state index in [9.17, 15) is 4.79 Å². The molecule has 4 nitrogen and oxygen atoms in total. The van der Waals surface area contributed by atoms with Crippen LogP contribution in [0.3, 0.4) is 0 Å². The third-order valence-corrected chi connectivity index (χ3v) is 3.47. The fraction of sp³-hybridized carbons (Fsp3) is 0.632. The van der Waals surface area contributed by atoms with Crippen molar-refractivity contribution in [2.45, 2.75) is 70.8 Å². The Kier molecular flexibility index (Phi) is 15.9. The highest BCUT2D eigenvalue weighted by Gasteiger charge is 2.02. The average Bonchev–Trinajstić information content (AvgIpc) is 2.57. The smallest absolute Gasteiger partial charge is 0.305 e. The van der Waals surface area contributed by atoms with Gasteiger partial charge in [-0.3, -0.25) is 10.1 Å². The highest BCUT2D eigenvalue weighted by molar-refractivity contribution is 5.68. The zero-order valence-electron chi connectivity index (χ0n) is 14.6. The summed E-state index contributed by atoms with van der Waals surface area (Å²) in [6, 6.07) is 0. The number of hydrogen-bond acceptors (Lipinski definition) is 4. The van der Waals surface area contributed by atoms with Crippen LogP contribution in [-0.2, 0) is 14.4 Å². The molecule has 0 aromatic carbocycles. The van der Waals surface area contributed by atoms with Crippen molar-refractivity contribution in [3.8, 4) is 0 Å². The molecule has 0 aliphatic heterocycles. The summed E-state index contributed by atoms with van der Waals surface area (Å²) in [6.07, 6.45) is 20.3. The number of esters is 1. The van der Waals surface area contributed by atoms with Gasteiger partial charge in [-0.15, -0.1) is 0 Å². The SMILES string of the molecule is CCCCCC(C=CC=CCC=CCCCCC(=O)OC)OO. The Balaban J connectivity index is 3.66. The van der Waals surface area contributed by atoms with Crippen molar-refractivity contribution in [2.75, 3.05) is 7.11 Å². The van der Waals surface area contributed by atoms with Crippen LogP contribution in [-0.4, -0.2) is 24.4 Å². The summed E-state index contributed by atoms with van der Waals surface area (Å²) in [7, 11) is 1.42. The molecule has 0 amide bonds. The zero-order valence-corrected chi connectivity index (χ0v) is 14.6. The molecule has 132 valence electrons. The Bertz CT molecular complexity index is 358. The first-order valence-corrected chi connectivity index (χ1v) is 8.60. The summed E-state index contributed by atoms with van der Waals surface area (Å²) in [5.41, 5.74) is 0. The van der Waals surface area contributed by atoms with Gasteiger partial charge in [0.25, 0.3) is 0 Å². The maximum atomic E-state index is 10.9. The number of rotatable bonds is 14. The van der Waals surface area contributed by atoms with Crippen LogP contribution in [0.15, 0.2) is 36.5 Å². The summed E-state index contributed by atoms with van der Waals surface area (Å²) < 4.78 is 4.59. The van der Waals surface area contributed by atoms with Gasteiger partial charge in [-0.2, -0.15) is 0 Å². The van der Waals surface area contributed by atoms with Crippen molar-refractivity contribution in [2.24, 2.45) is 0 Å². The standard InChI is InChI=1S/C19H32O4/c1-3-4-12-15-18(23-21)16-13-10-8-6-5-7-9-11-14-17-19(20)22-2/h5,7-8,10,13,16,18,21H,3-4,6,9,11-12,14-15,17H2,1-2H3. The molecule has 0 aliphatic rings. The first kappa shape index (κ1) is 21.6. The van der Waals surface area contributed by atoms with Crippen molar-refractivity contribution in [3.05, 3.63) is 36.5 Å². The highest BCUT2D eigenvalue weighted by Crippen LogP contribution is 2.07. The van der Waals surface area contributed by atoms with Gasteiger partial charge >= 0.3 is 5.97 Å². The molecule has 0 rings (SSSR count). The van der Waals surface area contributed by atoms with Crippen molar-refractivity contribution in [1.82, 2.24) is 0 Å². The lowest BCUT2D eigenvalue weighted by Crippen LogP contribution is -2.06. The number of allylic oxidation sites excluding steroid dienone is 5. The first-order valence-electron chi connectivity index (χ1n) is 8.60. The monoisotopic (exact) mass is 324 g/mol. The summed E-state index contributed by atoms with van der Waals surface area (Å²) in [5, 5.41) is 8.80. The van der Waals surface area contributed by atoms with Gasteiger partial charge in [0.15, 0.2) is 0 Å². The molecule has 0 aromatic rings. The molecule has 0 bridgehead atoms. The molecule has 0 spiro atoms. The van der Waals surface area contributed by atoms with E-state index in [-0.39, 0.29) is 12.1 Å². The van der Waals surface area contributed by atoms with Crippen LogP contribution in [0.25, 0.3) is 0 Å². The van der Waals surface area contributed by atoms with E-state index in [4.69, 9.17) is 5.26 Å². The Hall–Kier alpha value is -1.39. The van der Waals surface area contributed by atoms with Crippen LogP contribution in [0.1, 0.15) is 64.7 Å². The van der Waals surface area contributed by atoms with Crippen molar-refractivity contribution in [1.29, 1.82) is 0 Å². The Labute approximate surface area is 140 Å². The average molecular weight is 324 g/mol. The van der Waals surface area contributed by atoms with E-state index in [1.165, 1.54) is 7.11 Å². The number of carbonyl (C=O) groups excluding carboxylic acids is 1. The van der Waals surface area contributed by atoms with Gasteiger partial charge in [0, 0.05) is 6.42 Å². The van der Waals surface area contributed by atoms with Gasteiger partial charge in [0.2, 0.25) is 0 Å². The van der Waals surface area contributed by atoms with Crippen LogP contribution in [0.5, 0.6) is 0 Å². The van der Waals surface area contributed by atoms with E-state index < -0.39 is 0 Å². The third kappa shape index (κ3) is 15.3. The van der Waals surface area contributed by atoms with Crippen LogP contribution >= 0.6 is 0 Å². The van der Waals surface area contributed by atoms with E-state index in [0.29, 0.717) is 6.42 Å². The molecule has 1 unspecified atom stereocenters. The van der Waals surface area contributed by atoms with E-state index in [1.54, 1.807) is 0 Å². The van der Waals surface area contributed by atoms with Gasteiger partial charge in [-0.05, 0) is 32.1 Å². The van der Waals surface area contributed by atoms with E-state index >= 15 is 0 Å². The molecule has 0 aliphatic carbocycles. The van der Waals surface area contributed by atoms with E-state index in [0.717, 1.165) is 51.4 Å². The number of hydrogen-bond donors (Lipinski definition) is 1. The summed E-state index contributed by atoms with van der Waals surface area (Å²) in [5.74, 6) is -0.136. The predicted molar refractivity (Wildman–Crippen MR) is 94.2 cm³/mol. The maximum absolute atomic E-state index is 10.9. The summed E-state index contributed by atoms with van der Waals surface area (Å²) >= 11 is 0. The lowest BCUT2D eigenvalue weighted by molar-refractivity contribution is -0.267. The van der Waals surface area contributed by atoms with E-state index in [2.05, 4.69) is 34.8 Å². The minimum absolute atomic E-state index is 0.136. The van der Waals surface area contributed by atoms with Crippen molar-refractivity contribution in [3.63, 3.8) is 0 Å². The van der Waals surface area contributed by atoms with Crippen LogP contribution < -0.4 is 0 Å². The summed E-state index contributed by atoms with van der Waals surface area (Å²) in [6.45, 7) is 2.15. The molecular formula is C19H32O4. The summed E-state index contributed by atoms with van der Waals surface area (Å²) in [4.78, 5) is 15.3. The Morgan fingerprint density at radius 1 is 1.09 bits per heavy atom. The Morgan fingerprint density at radius 2 is 1.91 bits per heavy atom. The van der Waals surface area contributed by atoms with E-state index in [1.807, 2.05) is 18.2 Å². The second kappa shape index (κ2) is 17.0. The lowest BCUT2D eigenvalue weighted by Gasteiger charge is -2.07. The van der Waals surface area contributed by atoms with Gasteiger partial charge < -0.3 is 4.74 Å². The number of unbranched alkanes of at least 4 members (excludes halogenated alkanes) is 4. The molecule has 0 saturated carbocycles. The fourth-order valence-electron chi connectivity index (χ4n) is 2.05. The van der Waals surface area contributed by atoms with Crippen LogP contribution in [0.2, 0.25) is 0 Å². The van der Waals surface area contributed by atoms with Crippen LogP contribution in [0.4, 0.5) is 0 Å². The predicted octanol–water partition coefficient (Wildman–Crippen LogP) is 5.22. The molecule has 0 saturated heterocycles. The molecular weight excluding hydrogens is 292 g/mol. The largest absolute Gasteiger partial charge is 0.469 e. The number of methoxy groups -OCH3 is 1. The number of carbonyl (C=O) groups is 1. The highest BCUT2D eigenvalue weighted by atomic mass is 17.1. The quantitative estimate of drug-likeness (QED) is 0.119. The van der Waals surface area contributed by atoms with Gasteiger partial charge in [0.05, 0.1) is 7.11 Å². The molecule has 1 N–H and O–H groups in total. The third-order valence-electron chi connectivity index (χ3n) is 3.47. The Morgan fingerprint density at radius 3 is 2.61 bits per heavy atom. The maximum Gasteiger partial charge on any atom is 0.305 e. The topological polar surface area (TPSA) is 55.8 Å². The molecule has 0 fully saturated rings. The van der Waals surface area contributed by atoms with Gasteiger partial charge in [-0.25, -0.2) is 4.89 Å². The molecule has 1 atom stereocenters. The molecule has 0 radical (unpaired) electrons.